The number of aromatic nitrogens is 3. The van der Waals surface area contributed by atoms with Crippen LogP contribution in [0.2, 0.25) is 0 Å². The van der Waals surface area contributed by atoms with E-state index in [1.54, 1.807) is 6.20 Å². The average molecular weight is 270 g/mol. The Labute approximate surface area is 120 Å². The van der Waals surface area contributed by atoms with Crippen LogP contribution >= 0.6 is 0 Å². The van der Waals surface area contributed by atoms with Crippen molar-refractivity contribution in [2.24, 2.45) is 11.8 Å². The Hall–Kier alpha value is -1.84. The number of pyridine rings is 1. The average Bonchev–Trinajstić information content (AvgIpc) is 2.90. The van der Waals surface area contributed by atoms with Gasteiger partial charge in [0.05, 0.1) is 18.2 Å². The van der Waals surface area contributed by atoms with Gasteiger partial charge in [-0.05, 0) is 24.3 Å². The van der Waals surface area contributed by atoms with Crippen molar-refractivity contribution < 1.29 is 0 Å². The third kappa shape index (κ3) is 2.55. The van der Waals surface area contributed by atoms with Crippen LogP contribution in [0.25, 0.3) is 11.3 Å². The summed E-state index contributed by atoms with van der Waals surface area (Å²) < 4.78 is 2.24. The highest BCUT2D eigenvalue weighted by molar-refractivity contribution is 5.72. The Morgan fingerprint density at radius 2 is 2.10 bits per heavy atom. The Balaban J connectivity index is 1.85. The van der Waals surface area contributed by atoms with Gasteiger partial charge in [0.1, 0.15) is 0 Å². The van der Waals surface area contributed by atoms with Crippen molar-refractivity contribution in [2.45, 2.75) is 39.2 Å². The molecule has 2 heterocycles. The maximum Gasteiger partial charge on any atom is 0.0951 e. The minimum Gasteiger partial charge on any atom is -0.398 e. The van der Waals surface area contributed by atoms with Crippen LogP contribution in [0.5, 0.6) is 0 Å². The fourth-order valence-electron chi connectivity index (χ4n) is 3.23. The molecule has 3 rings (SSSR count). The van der Waals surface area contributed by atoms with Crippen molar-refractivity contribution in [1.82, 2.24) is 14.5 Å². The van der Waals surface area contributed by atoms with Crippen molar-refractivity contribution >= 4 is 5.69 Å². The van der Waals surface area contributed by atoms with Crippen LogP contribution in [-0.4, -0.2) is 14.5 Å². The lowest BCUT2D eigenvalue weighted by molar-refractivity contribution is 0.229. The van der Waals surface area contributed by atoms with E-state index in [9.17, 15) is 0 Å². The molecule has 4 heteroatoms. The van der Waals surface area contributed by atoms with E-state index in [0.717, 1.165) is 35.3 Å². The second-order valence-corrected chi connectivity index (χ2v) is 5.92. The molecule has 1 saturated carbocycles. The van der Waals surface area contributed by atoms with Gasteiger partial charge in [0.25, 0.3) is 0 Å². The number of rotatable bonds is 3. The Bertz CT molecular complexity index is 575. The van der Waals surface area contributed by atoms with Crippen molar-refractivity contribution in [3.8, 4) is 11.3 Å². The largest absolute Gasteiger partial charge is 0.398 e. The molecule has 20 heavy (non-hydrogen) atoms. The Kier molecular flexibility index (Phi) is 3.72. The molecule has 2 aromatic rings. The maximum atomic E-state index is 6.06. The summed E-state index contributed by atoms with van der Waals surface area (Å²) in [6.07, 6.45) is 12.8. The van der Waals surface area contributed by atoms with Gasteiger partial charge in [-0.15, -0.1) is 0 Å². The summed E-state index contributed by atoms with van der Waals surface area (Å²) in [6, 6.07) is 1.84. The van der Waals surface area contributed by atoms with Crippen molar-refractivity contribution in [2.75, 3.05) is 5.73 Å². The van der Waals surface area contributed by atoms with Gasteiger partial charge in [-0.1, -0.05) is 26.2 Å². The first-order chi connectivity index (χ1) is 9.75. The van der Waals surface area contributed by atoms with Crippen LogP contribution in [0.1, 0.15) is 32.6 Å². The van der Waals surface area contributed by atoms with E-state index in [-0.39, 0.29) is 0 Å². The number of imidazole rings is 1. The first-order valence-corrected chi connectivity index (χ1v) is 7.45. The minimum atomic E-state index is 0.745. The summed E-state index contributed by atoms with van der Waals surface area (Å²) >= 11 is 0. The molecule has 2 N–H and O–H groups in total. The number of nitrogens with two attached hydrogens (primary N) is 1. The zero-order valence-electron chi connectivity index (χ0n) is 12.0. The van der Waals surface area contributed by atoms with Crippen LogP contribution < -0.4 is 5.73 Å². The molecule has 0 aromatic carbocycles. The summed E-state index contributed by atoms with van der Waals surface area (Å²) in [4.78, 5) is 8.49. The predicted molar refractivity (Wildman–Crippen MR) is 81.0 cm³/mol. The smallest absolute Gasteiger partial charge is 0.0951 e. The molecule has 1 aliphatic rings. The monoisotopic (exact) mass is 270 g/mol. The second kappa shape index (κ2) is 5.65. The molecule has 0 spiro atoms. The van der Waals surface area contributed by atoms with Crippen LogP contribution in [-0.2, 0) is 6.54 Å². The topological polar surface area (TPSA) is 56.7 Å². The lowest BCUT2D eigenvalue weighted by Crippen LogP contribution is -2.22. The molecule has 2 unspecified atom stereocenters. The molecule has 0 aliphatic heterocycles. The third-order valence-electron chi connectivity index (χ3n) is 4.56. The van der Waals surface area contributed by atoms with Crippen molar-refractivity contribution in [1.29, 1.82) is 0 Å². The lowest BCUT2D eigenvalue weighted by atomic mass is 9.80. The van der Waals surface area contributed by atoms with Crippen molar-refractivity contribution in [3.63, 3.8) is 0 Å². The molecular formula is C16H22N4. The maximum absolute atomic E-state index is 6.06. The molecule has 2 atom stereocenters. The summed E-state index contributed by atoms with van der Waals surface area (Å²) in [7, 11) is 0. The SMILES string of the molecule is CC1CCCCC1Cn1cncc1-c1cnccc1N. The van der Waals surface area contributed by atoms with Crippen LogP contribution in [0.15, 0.2) is 31.0 Å². The van der Waals surface area contributed by atoms with E-state index in [1.807, 2.05) is 24.8 Å². The van der Waals surface area contributed by atoms with Crippen LogP contribution in [0.4, 0.5) is 5.69 Å². The van der Waals surface area contributed by atoms with Gasteiger partial charge in [0, 0.05) is 30.2 Å². The number of hydrogen-bond donors (Lipinski definition) is 1. The van der Waals surface area contributed by atoms with Gasteiger partial charge in [0.2, 0.25) is 0 Å². The molecule has 1 fully saturated rings. The highest BCUT2D eigenvalue weighted by Crippen LogP contribution is 2.32. The third-order valence-corrected chi connectivity index (χ3v) is 4.56. The molecule has 0 amide bonds. The number of nitrogens with zero attached hydrogens (tertiary/aromatic N) is 3. The Morgan fingerprint density at radius 1 is 1.25 bits per heavy atom. The van der Waals surface area contributed by atoms with Gasteiger partial charge in [-0.2, -0.15) is 0 Å². The van der Waals surface area contributed by atoms with E-state index in [0.29, 0.717) is 0 Å². The van der Waals surface area contributed by atoms with Crippen LogP contribution in [0, 0.1) is 11.8 Å². The number of anilines is 1. The van der Waals surface area contributed by atoms with E-state index in [1.165, 1.54) is 25.7 Å². The summed E-state index contributed by atoms with van der Waals surface area (Å²) in [5.41, 5.74) is 8.88. The van der Waals surface area contributed by atoms with Gasteiger partial charge in [0.15, 0.2) is 0 Å². The molecule has 106 valence electrons. The highest BCUT2D eigenvalue weighted by atomic mass is 15.0. The summed E-state index contributed by atoms with van der Waals surface area (Å²) in [5.74, 6) is 1.54. The first-order valence-electron chi connectivity index (χ1n) is 7.45. The fraction of sp³-hybridized carbons (Fsp3) is 0.500. The Morgan fingerprint density at radius 3 is 2.90 bits per heavy atom. The molecule has 1 aliphatic carbocycles. The normalized spacial score (nSPS) is 22.9. The predicted octanol–water partition coefficient (Wildman–Crippen LogP) is 3.35. The van der Waals surface area contributed by atoms with E-state index < -0.39 is 0 Å². The van der Waals surface area contributed by atoms with Crippen LogP contribution in [0.3, 0.4) is 0 Å². The first kappa shape index (κ1) is 13.2. The second-order valence-electron chi connectivity index (χ2n) is 5.92. The zero-order valence-corrected chi connectivity index (χ0v) is 12.0. The molecule has 2 aromatic heterocycles. The molecule has 0 saturated heterocycles. The zero-order chi connectivity index (χ0) is 13.9. The quantitative estimate of drug-likeness (QED) is 0.930. The lowest BCUT2D eigenvalue weighted by Gasteiger charge is -2.29. The number of nitrogen functional groups attached to an aromatic ring is 1. The molecule has 0 radical (unpaired) electrons. The summed E-state index contributed by atoms with van der Waals surface area (Å²) in [6.45, 7) is 3.41. The highest BCUT2D eigenvalue weighted by Gasteiger charge is 2.22. The number of hydrogen-bond acceptors (Lipinski definition) is 3. The summed E-state index contributed by atoms with van der Waals surface area (Å²) in [5, 5.41) is 0. The van der Waals surface area contributed by atoms with Crippen molar-refractivity contribution in [3.05, 3.63) is 31.0 Å². The van der Waals surface area contributed by atoms with Gasteiger partial charge in [-0.25, -0.2) is 4.98 Å². The molecule has 4 nitrogen and oxygen atoms in total. The standard InChI is InChI=1S/C16H22N4/c1-12-4-2-3-5-13(12)10-20-11-19-9-16(20)14-8-18-7-6-15(14)17/h6-9,11-13H,2-5,10H2,1H3,(H2,17,18). The van der Waals surface area contributed by atoms with E-state index in [2.05, 4.69) is 21.5 Å². The van der Waals surface area contributed by atoms with E-state index in [4.69, 9.17) is 5.73 Å². The molecule has 0 bridgehead atoms. The minimum absolute atomic E-state index is 0.745. The van der Waals surface area contributed by atoms with Gasteiger partial charge >= 0.3 is 0 Å². The fourth-order valence-corrected chi connectivity index (χ4v) is 3.23. The van der Waals surface area contributed by atoms with Gasteiger partial charge in [-0.3, -0.25) is 4.98 Å². The van der Waals surface area contributed by atoms with E-state index >= 15 is 0 Å². The van der Waals surface area contributed by atoms with Gasteiger partial charge < -0.3 is 10.3 Å². The molecular weight excluding hydrogens is 248 g/mol.